The minimum Gasteiger partial charge on any atom is -0.369 e. The second-order valence-corrected chi connectivity index (χ2v) is 11.3. The summed E-state index contributed by atoms with van der Waals surface area (Å²) in [6.45, 7) is 8.23. The first kappa shape index (κ1) is 21.0. The molecular weight excluding hydrogens is 378 g/mol. The fraction of sp³-hybridized carbons (Fsp3) is 0.600. The predicted molar refractivity (Wildman–Crippen MR) is 114 cm³/mol. The third-order valence-corrected chi connectivity index (χ3v) is 7.34. The molecule has 1 aromatic rings. The first-order valence-corrected chi connectivity index (χ1v) is 10.8. The average molecular weight is 410 g/mol. The minimum atomic E-state index is -1.28. The number of rotatable bonds is 1. The van der Waals surface area contributed by atoms with E-state index in [4.69, 9.17) is 0 Å². The number of nitrogens with zero attached hydrogens (tertiary/aromatic N) is 1. The third kappa shape index (κ3) is 3.23. The van der Waals surface area contributed by atoms with Crippen molar-refractivity contribution in [2.45, 2.75) is 59.8 Å². The molecule has 0 N–H and O–H groups in total. The lowest BCUT2D eigenvalue weighted by atomic mass is 9.51. The van der Waals surface area contributed by atoms with Crippen LogP contribution >= 0.6 is 0 Å². The lowest BCUT2D eigenvalue weighted by Crippen LogP contribution is -2.66. The van der Waals surface area contributed by atoms with Crippen LogP contribution in [0, 0.1) is 21.7 Å². The highest BCUT2D eigenvalue weighted by Crippen LogP contribution is 2.54. The lowest BCUT2D eigenvalue weighted by Gasteiger charge is -2.54. The number of benzene rings is 1. The van der Waals surface area contributed by atoms with E-state index in [0.29, 0.717) is 25.7 Å². The summed E-state index contributed by atoms with van der Waals surface area (Å²) in [5.41, 5.74) is -2.49. The highest BCUT2D eigenvalue weighted by atomic mass is 16.2. The molecule has 0 atom stereocenters. The Morgan fingerprint density at radius 2 is 1.00 bits per heavy atom. The maximum absolute atomic E-state index is 13.5. The summed E-state index contributed by atoms with van der Waals surface area (Å²) in [6, 6.07) is 9.51. The molecule has 1 aromatic carbocycles. The summed E-state index contributed by atoms with van der Waals surface area (Å²) in [5.74, 6) is -0.466. The van der Waals surface area contributed by atoms with Gasteiger partial charge in [0.2, 0.25) is 0 Å². The van der Waals surface area contributed by atoms with Crippen LogP contribution in [-0.4, -0.2) is 36.2 Å². The van der Waals surface area contributed by atoms with Gasteiger partial charge in [-0.15, -0.1) is 0 Å². The van der Waals surface area contributed by atoms with Crippen LogP contribution in [0.3, 0.4) is 0 Å². The van der Waals surface area contributed by atoms with Gasteiger partial charge in [-0.1, -0.05) is 45.9 Å². The van der Waals surface area contributed by atoms with Crippen molar-refractivity contribution < 1.29 is 19.2 Å². The van der Waals surface area contributed by atoms with Gasteiger partial charge < -0.3 is 4.90 Å². The fourth-order valence-corrected chi connectivity index (χ4v) is 5.75. The standard InChI is InChI=1S/C25H31NO4/c1-22(2)10-18(27)24(19(28)11-22)14-25(20(29)12-23(3,4)13-21(25)30)16-26(15-24)17-8-6-5-7-9-17/h5-9H,10-16H2,1-4H3. The maximum atomic E-state index is 13.5. The number of carbonyl (C=O) groups excluding carboxylic acids is 4. The van der Waals surface area contributed by atoms with Crippen molar-refractivity contribution in [2.24, 2.45) is 21.7 Å². The van der Waals surface area contributed by atoms with Gasteiger partial charge in [-0.05, 0) is 29.4 Å². The van der Waals surface area contributed by atoms with Crippen molar-refractivity contribution >= 4 is 28.8 Å². The molecular formula is C25H31NO4. The Hall–Kier alpha value is -2.30. The molecule has 5 heteroatoms. The molecule has 3 fully saturated rings. The quantitative estimate of drug-likeness (QED) is 0.660. The highest BCUT2D eigenvalue weighted by molar-refractivity contribution is 6.15. The van der Waals surface area contributed by atoms with Crippen molar-refractivity contribution in [2.75, 3.05) is 18.0 Å². The smallest absolute Gasteiger partial charge is 0.148 e. The number of Topliss-reactive ketones (excluding diaryl/α,β-unsaturated/α-hetero) is 4. The van der Waals surface area contributed by atoms with E-state index in [0.717, 1.165) is 5.69 Å². The maximum Gasteiger partial charge on any atom is 0.148 e. The van der Waals surface area contributed by atoms with Crippen LogP contribution in [0.25, 0.3) is 0 Å². The molecule has 2 saturated carbocycles. The van der Waals surface area contributed by atoms with Gasteiger partial charge >= 0.3 is 0 Å². The van der Waals surface area contributed by atoms with Crippen LogP contribution in [0.2, 0.25) is 0 Å². The van der Waals surface area contributed by atoms with Gasteiger partial charge in [0, 0.05) is 44.5 Å². The molecule has 5 nitrogen and oxygen atoms in total. The molecule has 2 spiro atoms. The van der Waals surface area contributed by atoms with Gasteiger partial charge in [-0.3, -0.25) is 19.2 Å². The monoisotopic (exact) mass is 409 g/mol. The van der Waals surface area contributed by atoms with Crippen LogP contribution in [0.5, 0.6) is 0 Å². The van der Waals surface area contributed by atoms with Gasteiger partial charge in [0.05, 0.1) is 0 Å². The normalized spacial score (nSPS) is 27.0. The number of ketones is 4. The minimum absolute atomic E-state index is 0.0465. The summed E-state index contributed by atoms with van der Waals surface area (Å²) >= 11 is 0. The molecule has 1 aliphatic heterocycles. The van der Waals surface area contributed by atoms with Crippen molar-refractivity contribution in [1.82, 2.24) is 0 Å². The molecule has 2 aliphatic carbocycles. The van der Waals surface area contributed by atoms with E-state index in [1.54, 1.807) is 0 Å². The van der Waals surface area contributed by atoms with Gasteiger partial charge in [0.1, 0.15) is 34.0 Å². The average Bonchev–Trinajstić information content (AvgIpc) is 2.64. The Kier molecular flexibility index (Phi) is 4.61. The molecule has 1 heterocycles. The summed E-state index contributed by atoms with van der Waals surface area (Å²) in [4.78, 5) is 55.8. The summed E-state index contributed by atoms with van der Waals surface area (Å²) in [6.07, 6.45) is 1.23. The first-order chi connectivity index (χ1) is 13.9. The van der Waals surface area contributed by atoms with E-state index in [1.807, 2.05) is 62.9 Å². The molecule has 0 radical (unpaired) electrons. The zero-order chi connectivity index (χ0) is 21.9. The highest BCUT2D eigenvalue weighted by Gasteiger charge is 2.64. The Labute approximate surface area is 178 Å². The second kappa shape index (κ2) is 6.60. The predicted octanol–water partition coefficient (Wildman–Crippen LogP) is 3.79. The Balaban J connectivity index is 1.83. The van der Waals surface area contributed by atoms with Crippen LogP contribution in [0.1, 0.15) is 59.8 Å². The van der Waals surface area contributed by atoms with Crippen molar-refractivity contribution in [3.05, 3.63) is 30.3 Å². The van der Waals surface area contributed by atoms with E-state index in [2.05, 4.69) is 0 Å². The van der Waals surface area contributed by atoms with Crippen molar-refractivity contribution in [3.8, 4) is 0 Å². The zero-order valence-corrected chi connectivity index (χ0v) is 18.4. The Morgan fingerprint density at radius 3 is 1.37 bits per heavy atom. The van der Waals surface area contributed by atoms with E-state index in [-0.39, 0.29) is 53.5 Å². The van der Waals surface area contributed by atoms with Gasteiger partial charge in [-0.25, -0.2) is 0 Å². The van der Waals surface area contributed by atoms with Crippen molar-refractivity contribution in [3.63, 3.8) is 0 Å². The van der Waals surface area contributed by atoms with Crippen LogP contribution in [-0.2, 0) is 19.2 Å². The number of hydrogen-bond donors (Lipinski definition) is 0. The summed E-state index contributed by atoms with van der Waals surface area (Å²) in [5, 5.41) is 0. The zero-order valence-electron chi connectivity index (χ0n) is 18.4. The number of piperidine rings is 1. The first-order valence-electron chi connectivity index (χ1n) is 10.8. The van der Waals surface area contributed by atoms with E-state index >= 15 is 0 Å². The molecule has 4 rings (SSSR count). The number of carbonyl (C=O) groups is 4. The Bertz CT molecular complexity index is 832. The molecule has 160 valence electrons. The SMILES string of the molecule is CC1(C)CC(=O)C2(CN(c3ccccc3)CC3(C2)C(=O)CC(C)(C)CC3=O)C(=O)C1. The lowest BCUT2D eigenvalue weighted by molar-refractivity contribution is -0.159. The molecule has 3 aliphatic rings. The molecule has 1 saturated heterocycles. The number of hydrogen-bond acceptors (Lipinski definition) is 5. The van der Waals surface area contributed by atoms with Crippen molar-refractivity contribution in [1.29, 1.82) is 0 Å². The second-order valence-electron chi connectivity index (χ2n) is 11.3. The number of para-hydroxylation sites is 1. The fourth-order valence-electron chi connectivity index (χ4n) is 5.75. The topological polar surface area (TPSA) is 71.5 Å². The van der Waals surface area contributed by atoms with Gasteiger partial charge in [-0.2, -0.15) is 0 Å². The van der Waals surface area contributed by atoms with Crippen LogP contribution in [0.15, 0.2) is 30.3 Å². The number of anilines is 1. The molecule has 0 unspecified atom stereocenters. The van der Waals surface area contributed by atoms with Gasteiger partial charge in [0.25, 0.3) is 0 Å². The van der Waals surface area contributed by atoms with E-state index < -0.39 is 10.8 Å². The summed E-state index contributed by atoms with van der Waals surface area (Å²) in [7, 11) is 0. The molecule has 0 amide bonds. The molecule has 0 aromatic heterocycles. The Morgan fingerprint density at radius 1 is 0.633 bits per heavy atom. The van der Waals surface area contributed by atoms with Crippen LogP contribution < -0.4 is 4.90 Å². The molecule has 0 bridgehead atoms. The molecule has 30 heavy (non-hydrogen) atoms. The van der Waals surface area contributed by atoms with E-state index in [9.17, 15) is 19.2 Å². The summed E-state index contributed by atoms with van der Waals surface area (Å²) < 4.78 is 0. The largest absolute Gasteiger partial charge is 0.369 e. The van der Waals surface area contributed by atoms with E-state index in [1.165, 1.54) is 0 Å². The van der Waals surface area contributed by atoms with Crippen LogP contribution in [0.4, 0.5) is 5.69 Å². The van der Waals surface area contributed by atoms with Gasteiger partial charge in [0.15, 0.2) is 0 Å². The third-order valence-electron chi connectivity index (χ3n) is 7.34.